The second-order valence-electron chi connectivity index (χ2n) is 12.2. The highest BCUT2D eigenvalue weighted by Gasteiger charge is 2.30. The molecule has 11 heteroatoms. The smallest absolute Gasteiger partial charge is 0.255 e. The highest BCUT2D eigenvalue weighted by molar-refractivity contribution is 7.90. The highest BCUT2D eigenvalue weighted by atomic mass is 35.5. The zero-order valence-electron chi connectivity index (χ0n) is 26.6. The van der Waals surface area contributed by atoms with Crippen molar-refractivity contribution < 1.29 is 17.4 Å². The van der Waals surface area contributed by atoms with Gasteiger partial charge in [-0.3, -0.25) is 9.00 Å². The number of likely N-dealkylation sites (N-methyl/N-ethyl adjacent to an activating group) is 1. The van der Waals surface area contributed by atoms with Gasteiger partial charge in [0.25, 0.3) is 5.91 Å². The van der Waals surface area contributed by atoms with Crippen LogP contribution in [-0.4, -0.2) is 74.1 Å². The van der Waals surface area contributed by atoms with Gasteiger partial charge >= 0.3 is 0 Å². The van der Waals surface area contributed by atoms with E-state index in [4.69, 9.17) is 23.2 Å². The van der Waals surface area contributed by atoms with E-state index in [2.05, 4.69) is 11.0 Å². The number of likely N-dealkylation sites (tertiary alicyclic amines) is 1. The second kappa shape index (κ2) is 14.9. The number of rotatable bonds is 10. The summed E-state index contributed by atoms with van der Waals surface area (Å²) in [6.07, 6.45) is 5.38. The molecule has 7 nitrogen and oxygen atoms in total. The molecule has 0 radical (unpaired) electrons. The van der Waals surface area contributed by atoms with Crippen LogP contribution in [0.2, 0.25) is 10.0 Å². The zero-order chi connectivity index (χ0) is 33.9. The highest BCUT2D eigenvalue weighted by Crippen LogP contribution is 2.35. The lowest BCUT2D eigenvalue weighted by Gasteiger charge is -2.34. The van der Waals surface area contributed by atoms with Crippen molar-refractivity contribution in [3.8, 4) is 6.07 Å². The number of benzene rings is 4. The number of nitriles is 1. The number of piperidine rings is 1. The quantitative estimate of drug-likeness (QED) is 0.172. The Morgan fingerprint density at radius 3 is 2.38 bits per heavy atom. The topological polar surface area (TPSA) is 98.6 Å². The van der Waals surface area contributed by atoms with Crippen LogP contribution in [0.15, 0.2) is 82.6 Å². The molecule has 1 amide bonds. The first kappa shape index (κ1) is 35.1. The average molecular weight is 711 g/mol. The first-order chi connectivity index (χ1) is 22.4. The van der Waals surface area contributed by atoms with Crippen molar-refractivity contribution in [3.05, 3.63) is 105 Å². The molecular weight excluding hydrogens is 673 g/mol. The summed E-state index contributed by atoms with van der Waals surface area (Å²) >= 11 is 12.7. The number of carbonyl (C=O) groups is 1. The Morgan fingerprint density at radius 2 is 1.72 bits per heavy atom. The predicted molar refractivity (Wildman–Crippen MR) is 190 cm³/mol. The summed E-state index contributed by atoms with van der Waals surface area (Å²) in [5.74, 6) is -0.257. The summed E-state index contributed by atoms with van der Waals surface area (Å²) < 4.78 is 38.3. The monoisotopic (exact) mass is 709 g/mol. The van der Waals surface area contributed by atoms with Crippen molar-refractivity contribution in [1.29, 1.82) is 5.26 Å². The van der Waals surface area contributed by atoms with Crippen molar-refractivity contribution in [2.24, 2.45) is 0 Å². The van der Waals surface area contributed by atoms with Crippen molar-refractivity contribution in [1.82, 2.24) is 9.80 Å². The minimum absolute atomic E-state index is 0.00732. The number of hydrogen-bond acceptors (Lipinski definition) is 6. The molecule has 1 fully saturated rings. The van der Waals surface area contributed by atoms with Gasteiger partial charge in [0.05, 0.1) is 36.9 Å². The Hall–Kier alpha value is -3.26. The SMILES string of the molecule is CN(C[C@@H](CCN1CCC(c2ccccc2S(C)=O)CC1)c1ccc(Cl)c(Cl)c1)C(=O)c1c(S(C)(=O)=O)c(C#N)cc2ccccc12. The molecule has 0 saturated carbocycles. The molecule has 4 aromatic carbocycles. The Kier molecular flexibility index (Phi) is 11.1. The molecule has 1 aliphatic heterocycles. The third-order valence-corrected chi connectivity index (χ3v) is 11.9. The Morgan fingerprint density at radius 1 is 1.04 bits per heavy atom. The average Bonchev–Trinajstić information content (AvgIpc) is 3.06. The predicted octanol–water partition coefficient (Wildman–Crippen LogP) is 7.28. The molecule has 4 aromatic rings. The van der Waals surface area contributed by atoms with Gasteiger partial charge < -0.3 is 9.80 Å². The summed E-state index contributed by atoms with van der Waals surface area (Å²) in [4.78, 5) is 18.8. The maximum atomic E-state index is 14.2. The van der Waals surface area contributed by atoms with Gasteiger partial charge in [0.1, 0.15) is 6.07 Å². The summed E-state index contributed by atoms with van der Waals surface area (Å²) in [7, 11) is -3.30. The van der Waals surface area contributed by atoms with Crippen LogP contribution in [0.1, 0.15) is 58.1 Å². The number of fused-ring (bicyclic) bond motifs is 1. The molecule has 1 heterocycles. The second-order valence-corrected chi connectivity index (χ2v) is 16.3. The molecule has 47 heavy (non-hydrogen) atoms. The van der Waals surface area contributed by atoms with Crippen molar-refractivity contribution in [2.45, 2.75) is 40.9 Å². The first-order valence-corrected chi connectivity index (χ1v) is 19.6. The lowest BCUT2D eigenvalue weighted by molar-refractivity contribution is 0.0780. The summed E-state index contributed by atoms with van der Waals surface area (Å²) in [6.45, 7) is 2.85. The van der Waals surface area contributed by atoms with Gasteiger partial charge in [-0.2, -0.15) is 5.26 Å². The minimum atomic E-state index is -3.92. The van der Waals surface area contributed by atoms with Gasteiger partial charge in [0.2, 0.25) is 0 Å². The fraction of sp³-hybridized carbons (Fsp3) is 0.333. The van der Waals surface area contributed by atoms with E-state index >= 15 is 0 Å². The molecule has 2 atom stereocenters. The molecule has 246 valence electrons. The maximum absolute atomic E-state index is 14.2. The van der Waals surface area contributed by atoms with Crippen LogP contribution < -0.4 is 0 Å². The van der Waals surface area contributed by atoms with Gasteiger partial charge in [-0.1, -0.05) is 71.7 Å². The number of carbonyl (C=O) groups excluding carboxylic acids is 1. The van der Waals surface area contributed by atoms with Crippen LogP contribution in [0.4, 0.5) is 0 Å². The Bertz CT molecular complexity index is 1990. The number of amides is 1. The van der Waals surface area contributed by atoms with E-state index in [1.807, 2.05) is 36.4 Å². The zero-order valence-corrected chi connectivity index (χ0v) is 29.7. The van der Waals surface area contributed by atoms with Crippen LogP contribution in [0.5, 0.6) is 0 Å². The molecule has 0 aromatic heterocycles. The molecule has 1 saturated heterocycles. The normalized spacial score (nSPS) is 15.7. The van der Waals surface area contributed by atoms with E-state index in [1.54, 1.807) is 48.5 Å². The number of sulfone groups is 1. The van der Waals surface area contributed by atoms with Gasteiger partial charge in [-0.05, 0) is 91.0 Å². The fourth-order valence-electron chi connectivity index (χ4n) is 6.63. The van der Waals surface area contributed by atoms with E-state index in [0.717, 1.165) is 49.2 Å². The molecule has 0 N–H and O–H groups in total. The van der Waals surface area contributed by atoms with Crippen molar-refractivity contribution >= 4 is 60.5 Å². The number of nitrogens with zero attached hydrogens (tertiary/aromatic N) is 3. The van der Waals surface area contributed by atoms with E-state index in [1.165, 1.54) is 11.6 Å². The summed E-state index contributed by atoms with van der Waals surface area (Å²) in [5.41, 5.74) is 2.05. The number of halogens is 2. The lowest BCUT2D eigenvalue weighted by atomic mass is 9.88. The van der Waals surface area contributed by atoms with E-state index in [-0.39, 0.29) is 28.5 Å². The van der Waals surface area contributed by atoms with Crippen LogP contribution in [-0.2, 0) is 20.6 Å². The minimum Gasteiger partial charge on any atom is -0.341 e. The standard InChI is InChI=1S/C36H37Cl2N3O4S2/c1-40(36(42)34-30-10-5-4-8-26(30)20-28(22-39)35(34)47(3,44)45)23-27(25-12-13-31(37)32(38)21-25)16-19-41-17-14-24(15-18-41)29-9-6-7-11-33(29)46(2)43/h4-13,20-21,24,27H,14-19,23H2,1-3H3/t27-,46?/m1/s1. The molecule has 1 unspecified atom stereocenters. The van der Waals surface area contributed by atoms with Crippen LogP contribution in [0.25, 0.3) is 10.8 Å². The third kappa shape index (κ3) is 7.90. The largest absolute Gasteiger partial charge is 0.341 e. The van der Waals surface area contributed by atoms with E-state index in [9.17, 15) is 22.7 Å². The maximum Gasteiger partial charge on any atom is 0.255 e. The van der Waals surface area contributed by atoms with Gasteiger partial charge in [0.15, 0.2) is 9.84 Å². The third-order valence-electron chi connectivity index (χ3n) is 9.01. The Balaban J connectivity index is 1.39. The van der Waals surface area contributed by atoms with E-state index < -0.39 is 26.5 Å². The first-order valence-electron chi connectivity index (χ1n) is 15.4. The van der Waals surface area contributed by atoms with Gasteiger partial charge in [-0.15, -0.1) is 0 Å². The van der Waals surface area contributed by atoms with Crippen LogP contribution >= 0.6 is 23.2 Å². The molecule has 5 rings (SSSR count). The molecule has 0 bridgehead atoms. The molecule has 1 aliphatic rings. The summed E-state index contributed by atoms with van der Waals surface area (Å²) in [5, 5.41) is 11.8. The number of hydrogen-bond donors (Lipinski definition) is 0. The van der Waals surface area contributed by atoms with Gasteiger partial charge in [0, 0.05) is 36.9 Å². The Labute approximate surface area is 289 Å². The summed E-state index contributed by atoms with van der Waals surface area (Å²) in [6, 6.07) is 24.0. The van der Waals surface area contributed by atoms with Gasteiger partial charge in [-0.25, -0.2) is 8.42 Å². The fourth-order valence-corrected chi connectivity index (χ4v) is 8.84. The lowest BCUT2D eigenvalue weighted by Crippen LogP contribution is -2.36. The van der Waals surface area contributed by atoms with Crippen LogP contribution in [0, 0.1) is 11.3 Å². The van der Waals surface area contributed by atoms with Crippen molar-refractivity contribution in [3.63, 3.8) is 0 Å². The molecule has 0 spiro atoms. The van der Waals surface area contributed by atoms with Crippen LogP contribution in [0.3, 0.4) is 0 Å². The van der Waals surface area contributed by atoms with Crippen molar-refractivity contribution in [2.75, 3.05) is 45.7 Å². The molecular formula is C36H37Cl2N3O4S2. The molecule has 0 aliphatic carbocycles. The van der Waals surface area contributed by atoms with E-state index in [0.29, 0.717) is 33.2 Å².